The SMILES string of the molecule is CC.Cc1cc(C)c2[nH]ncc2c1. The first-order valence-corrected chi connectivity index (χ1v) is 4.68. The fourth-order valence-electron chi connectivity index (χ4n) is 1.42. The largest absolute Gasteiger partial charge is 0.278 e. The lowest BCUT2D eigenvalue weighted by atomic mass is 10.1. The van der Waals surface area contributed by atoms with Gasteiger partial charge in [-0.3, -0.25) is 5.10 Å². The summed E-state index contributed by atoms with van der Waals surface area (Å²) in [5.74, 6) is 0. The van der Waals surface area contributed by atoms with Crippen LogP contribution in [-0.4, -0.2) is 10.2 Å². The van der Waals surface area contributed by atoms with Crippen molar-refractivity contribution < 1.29 is 0 Å². The third-order valence-corrected chi connectivity index (χ3v) is 1.89. The van der Waals surface area contributed by atoms with E-state index in [1.54, 1.807) is 0 Å². The smallest absolute Gasteiger partial charge is 0.0679 e. The second-order valence-electron chi connectivity index (χ2n) is 2.92. The Morgan fingerprint density at radius 1 is 1.15 bits per heavy atom. The molecule has 0 bridgehead atoms. The van der Waals surface area contributed by atoms with Crippen LogP contribution < -0.4 is 0 Å². The summed E-state index contributed by atoms with van der Waals surface area (Å²) in [5.41, 5.74) is 3.70. The minimum absolute atomic E-state index is 1.15. The van der Waals surface area contributed by atoms with Gasteiger partial charge in [-0.15, -0.1) is 0 Å². The van der Waals surface area contributed by atoms with Gasteiger partial charge in [0.2, 0.25) is 0 Å². The van der Waals surface area contributed by atoms with E-state index in [-0.39, 0.29) is 0 Å². The Balaban J connectivity index is 0.000000396. The second-order valence-corrected chi connectivity index (χ2v) is 2.92. The monoisotopic (exact) mass is 176 g/mol. The molecule has 1 heterocycles. The van der Waals surface area contributed by atoms with E-state index in [2.05, 4.69) is 36.2 Å². The predicted octanol–water partition coefficient (Wildman–Crippen LogP) is 3.21. The number of aryl methyl sites for hydroxylation is 2. The van der Waals surface area contributed by atoms with Crippen LogP contribution in [0.4, 0.5) is 0 Å². The number of nitrogens with zero attached hydrogens (tertiary/aromatic N) is 1. The molecule has 2 rings (SSSR count). The molecule has 13 heavy (non-hydrogen) atoms. The first-order chi connectivity index (χ1) is 6.27. The fourth-order valence-corrected chi connectivity index (χ4v) is 1.42. The number of hydrogen-bond donors (Lipinski definition) is 1. The van der Waals surface area contributed by atoms with E-state index in [4.69, 9.17) is 0 Å². The lowest BCUT2D eigenvalue weighted by Gasteiger charge is -1.96. The van der Waals surface area contributed by atoms with E-state index in [9.17, 15) is 0 Å². The quantitative estimate of drug-likeness (QED) is 0.656. The van der Waals surface area contributed by atoms with Gasteiger partial charge in [-0.2, -0.15) is 5.10 Å². The molecule has 0 saturated heterocycles. The number of aromatic amines is 1. The van der Waals surface area contributed by atoms with Crippen molar-refractivity contribution in [3.63, 3.8) is 0 Å². The summed E-state index contributed by atoms with van der Waals surface area (Å²) in [4.78, 5) is 0. The van der Waals surface area contributed by atoms with E-state index in [0.717, 1.165) is 5.52 Å². The summed E-state index contributed by atoms with van der Waals surface area (Å²) in [6.45, 7) is 8.19. The zero-order valence-electron chi connectivity index (χ0n) is 8.68. The molecule has 1 aromatic heterocycles. The molecule has 0 aliphatic rings. The lowest BCUT2D eigenvalue weighted by molar-refractivity contribution is 1.11. The molecule has 0 fully saturated rings. The van der Waals surface area contributed by atoms with Crippen molar-refractivity contribution >= 4 is 10.9 Å². The third kappa shape index (κ3) is 1.89. The van der Waals surface area contributed by atoms with Crippen LogP contribution in [0.1, 0.15) is 25.0 Å². The van der Waals surface area contributed by atoms with Crippen molar-refractivity contribution in [3.8, 4) is 0 Å². The van der Waals surface area contributed by atoms with E-state index < -0.39 is 0 Å². The fraction of sp³-hybridized carbons (Fsp3) is 0.364. The summed E-state index contributed by atoms with van der Waals surface area (Å²) in [7, 11) is 0. The van der Waals surface area contributed by atoms with Gasteiger partial charge in [-0.25, -0.2) is 0 Å². The molecular formula is C11H16N2. The average Bonchev–Trinajstić information content (AvgIpc) is 2.55. The molecule has 70 valence electrons. The van der Waals surface area contributed by atoms with Crippen molar-refractivity contribution in [3.05, 3.63) is 29.5 Å². The van der Waals surface area contributed by atoms with Crippen LogP contribution in [-0.2, 0) is 0 Å². The zero-order chi connectivity index (χ0) is 9.84. The number of benzene rings is 1. The molecule has 0 atom stereocenters. The maximum atomic E-state index is 3.98. The highest BCUT2D eigenvalue weighted by Crippen LogP contribution is 2.16. The summed E-state index contributed by atoms with van der Waals surface area (Å²) in [6, 6.07) is 4.28. The Labute approximate surface area is 79.0 Å². The summed E-state index contributed by atoms with van der Waals surface area (Å²) < 4.78 is 0. The van der Waals surface area contributed by atoms with E-state index >= 15 is 0 Å². The first kappa shape index (κ1) is 9.78. The van der Waals surface area contributed by atoms with Crippen LogP contribution in [0.3, 0.4) is 0 Å². The summed E-state index contributed by atoms with van der Waals surface area (Å²) in [6.07, 6.45) is 1.86. The van der Waals surface area contributed by atoms with E-state index in [1.165, 1.54) is 16.5 Å². The highest BCUT2D eigenvalue weighted by molar-refractivity contribution is 5.81. The molecule has 0 unspecified atom stereocenters. The van der Waals surface area contributed by atoms with Crippen molar-refractivity contribution in [1.82, 2.24) is 10.2 Å². The number of rotatable bonds is 0. The van der Waals surface area contributed by atoms with Crippen molar-refractivity contribution in [2.45, 2.75) is 27.7 Å². The Morgan fingerprint density at radius 3 is 2.54 bits per heavy atom. The van der Waals surface area contributed by atoms with Crippen molar-refractivity contribution in [1.29, 1.82) is 0 Å². The summed E-state index contributed by atoms with van der Waals surface area (Å²) >= 11 is 0. The molecule has 0 spiro atoms. The standard InChI is InChI=1S/C9H10N2.C2H6/c1-6-3-7(2)9-8(4-6)5-10-11-9;1-2/h3-5H,1-2H3,(H,10,11);1-2H3. The van der Waals surface area contributed by atoms with Crippen LogP contribution in [0.2, 0.25) is 0 Å². The van der Waals surface area contributed by atoms with Gasteiger partial charge in [-0.1, -0.05) is 25.5 Å². The maximum Gasteiger partial charge on any atom is 0.0679 e. The topological polar surface area (TPSA) is 28.7 Å². The Bertz CT molecular complexity index is 388. The average molecular weight is 176 g/mol. The molecule has 2 heteroatoms. The number of aromatic nitrogens is 2. The van der Waals surface area contributed by atoms with Crippen LogP contribution in [0.25, 0.3) is 10.9 Å². The highest BCUT2D eigenvalue weighted by Gasteiger charge is 1.98. The third-order valence-electron chi connectivity index (χ3n) is 1.89. The highest BCUT2D eigenvalue weighted by atomic mass is 15.1. The van der Waals surface area contributed by atoms with Gasteiger partial charge < -0.3 is 0 Å². The minimum atomic E-state index is 1.15. The Kier molecular flexibility index (Phi) is 3.07. The maximum absolute atomic E-state index is 3.98. The molecule has 1 aromatic carbocycles. The van der Waals surface area contributed by atoms with Crippen LogP contribution in [0, 0.1) is 13.8 Å². The number of hydrogen-bond acceptors (Lipinski definition) is 1. The first-order valence-electron chi connectivity index (χ1n) is 4.68. The molecular weight excluding hydrogens is 160 g/mol. The molecule has 0 saturated carbocycles. The number of fused-ring (bicyclic) bond motifs is 1. The van der Waals surface area contributed by atoms with Crippen LogP contribution in [0.5, 0.6) is 0 Å². The Hall–Kier alpha value is -1.31. The molecule has 0 aliphatic heterocycles. The molecule has 0 amide bonds. The van der Waals surface area contributed by atoms with Crippen molar-refractivity contribution in [2.75, 3.05) is 0 Å². The molecule has 0 aliphatic carbocycles. The summed E-state index contributed by atoms with van der Waals surface area (Å²) in [5, 5.41) is 8.14. The molecule has 2 aromatic rings. The van der Waals surface area contributed by atoms with Gasteiger partial charge in [0.1, 0.15) is 0 Å². The van der Waals surface area contributed by atoms with Gasteiger partial charge in [0.15, 0.2) is 0 Å². The number of nitrogens with one attached hydrogen (secondary N) is 1. The van der Waals surface area contributed by atoms with Gasteiger partial charge >= 0.3 is 0 Å². The normalized spacial score (nSPS) is 9.54. The second kappa shape index (κ2) is 4.08. The molecule has 1 N–H and O–H groups in total. The molecule has 0 radical (unpaired) electrons. The molecule has 2 nitrogen and oxygen atoms in total. The lowest BCUT2D eigenvalue weighted by Crippen LogP contribution is -1.78. The van der Waals surface area contributed by atoms with Crippen LogP contribution >= 0.6 is 0 Å². The van der Waals surface area contributed by atoms with E-state index in [0.29, 0.717) is 0 Å². The zero-order valence-corrected chi connectivity index (χ0v) is 8.68. The van der Waals surface area contributed by atoms with Gasteiger partial charge in [0.05, 0.1) is 11.7 Å². The number of H-pyrrole nitrogens is 1. The van der Waals surface area contributed by atoms with E-state index in [1.807, 2.05) is 20.0 Å². The van der Waals surface area contributed by atoms with Gasteiger partial charge in [0, 0.05) is 5.39 Å². The van der Waals surface area contributed by atoms with Gasteiger partial charge in [-0.05, 0) is 25.5 Å². The van der Waals surface area contributed by atoms with Crippen LogP contribution in [0.15, 0.2) is 18.3 Å². The Morgan fingerprint density at radius 2 is 1.85 bits per heavy atom. The van der Waals surface area contributed by atoms with Crippen molar-refractivity contribution in [2.24, 2.45) is 0 Å². The predicted molar refractivity (Wildman–Crippen MR) is 56.9 cm³/mol. The van der Waals surface area contributed by atoms with Gasteiger partial charge in [0.25, 0.3) is 0 Å². The minimum Gasteiger partial charge on any atom is -0.278 e.